The molecule has 1 N–H and O–H groups in total. The van der Waals surface area contributed by atoms with Gasteiger partial charge in [0.05, 0.1) is 5.69 Å². The molecule has 18 heavy (non-hydrogen) atoms. The molecule has 0 amide bonds. The fourth-order valence-electron chi connectivity index (χ4n) is 2.07. The molecule has 0 radical (unpaired) electrons. The quantitative estimate of drug-likeness (QED) is 0.882. The van der Waals surface area contributed by atoms with Crippen LogP contribution in [0.3, 0.4) is 0 Å². The number of aromatic nitrogens is 2. The van der Waals surface area contributed by atoms with Crippen LogP contribution in [0.5, 0.6) is 0 Å². The summed E-state index contributed by atoms with van der Waals surface area (Å²) in [6, 6.07) is 6.19. The Balaban J connectivity index is 2.12. The van der Waals surface area contributed by atoms with Gasteiger partial charge < -0.3 is 4.98 Å². The fraction of sp³-hybridized carbons (Fsp3) is 0.286. The summed E-state index contributed by atoms with van der Waals surface area (Å²) in [6.45, 7) is 1.81. The first kappa shape index (κ1) is 11.1. The second kappa shape index (κ2) is 4.05. The standard InChI is InChI=1S/C14H13FN2O/c1-8-4-10(6-11(15)5-8)14-16-12(9-2-3-9)7-13(18)17-14/h4-7,9H,2-3H2,1H3,(H,16,17,18). The first-order chi connectivity index (χ1) is 8.61. The Kier molecular flexibility index (Phi) is 2.51. The maximum Gasteiger partial charge on any atom is 0.251 e. The zero-order chi connectivity index (χ0) is 12.7. The van der Waals surface area contributed by atoms with Gasteiger partial charge >= 0.3 is 0 Å². The summed E-state index contributed by atoms with van der Waals surface area (Å²) in [5.41, 5.74) is 2.07. The van der Waals surface area contributed by atoms with Gasteiger partial charge in [-0.05, 0) is 43.5 Å². The molecule has 1 aliphatic carbocycles. The molecule has 1 aromatic heterocycles. The molecule has 1 fully saturated rings. The lowest BCUT2D eigenvalue weighted by atomic mass is 10.1. The third-order valence-corrected chi connectivity index (χ3v) is 3.07. The van der Waals surface area contributed by atoms with Crippen molar-refractivity contribution in [3.8, 4) is 11.4 Å². The minimum Gasteiger partial charge on any atom is -0.307 e. The summed E-state index contributed by atoms with van der Waals surface area (Å²) in [5.74, 6) is 0.539. The number of benzene rings is 1. The normalized spacial score (nSPS) is 14.8. The van der Waals surface area contributed by atoms with E-state index in [2.05, 4.69) is 9.97 Å². The van der Waals surface area contributed by atoms with Crippen molar-refractivity contribution in [2.24, 2.45) is 0 Å². The molecular formula is C14H13FN2O. The molecule has 0 atom stereocenters. The molecule has 3 nitrogen and oxygen atoms in total. The van der Waals surface area contributed by atoms with E-state index in [-0.39, 0.29) is 11.4 Å². The van der Waals surface area contributed by atoms with E-state index < -0.39 is 0 Å². The molecule has 0 aliphatic heterocycles. The van der Waals surface area contributed by atoms with Crippen LogP contribution in [-0.4, -0.2) is 9.97 Å². The Morgan fingerprint density at radius 3 is 2.72 bits per heavy atom. The number of aryl methyl sites for hydroxylation is 1. The maximum atomic E-state index is 13.4. The molecule has 0 saturated heterocycles. The van der Waals surface area contributed by atoms with Crippen molar-refractivity contribution in [2.75, 3.05) is 0 Å². The van der Waals surface area contributed by atoms with Crippen LogP contribution in [0.4, 0.5) is 4.39 Å². The molecule has 0 spiro atoms. The van der Waals surface area contributed by atoms with Gasteiger partial charge in [-0.15, -0.1) is 0 Å². The van der Waals surface area contributed by atoms with E-state index in [0.717, 1.165) is 24.1 Å². The molecule has 1 heterocycles. The molecular weight excluding hydrogens is 231 g/mol. The predicted molar refractivity (Wildman–Crippen MR) is 67.0 cm³/mol. The lowest BCUT2D eigenvalue weighted by Gasteiger charge is -2.05. The lowest BCUT2D eigenvalue weighted by molar-refractivity contribution is 0.627. The highest BCUT2D eigenvalue weighted by Gasteiger charge is 2.25. The topological polar surface area (TPSA) is 45.8 Å². The van der Waals surface area contributed by atoms with Gasteiger partial charge in [-0.25, -0.2) is 9.37 Å². The van der Waals surface area contributed by atoms with Gasteiger partial charge in [0.1, 0.15) is 11.6 Å². The van der Waals surface area contributed by atoms with Crippen LogP contribution >= 0.6 is 0 Å². The Morgan fingerprint density at radius 1 is 1.28 bits per heavy atom. The molecule has 1 aliphatic rings. The molecule has 0 bridgehead atoms. The zero-order valence-electron chi connectivity index (χ0n) is 10.0. The third-order valence-electron chi connectivity index (χ3n) is 3.07. The number of hydrogen-bond donors (Lipinski definition) is 1. The predicted octanol–water partition coefficient (Wildman–Crippen LogP) is 2.76. The summed E-state index contributed by atoms with van der Waals surface area (Å²) < 4.78 is 13.4. The monoisotopic (exact) mass is 244 g/mol. The van der Waals surface area contributed by atoms with E-state index >= 15 is 0 Å². The second-order valence-electron chi connectivity index (χ2n) is 4.81. The Labute approximate surface area is 104 Å². The number of H-pyrrole nitrogens is 1. The van der Waals surface area contributed by atoms with E-state index in [1.807, 2.05) is 13.0 Å². The first-order valence-electron chi connectivity index (χ1n) is 6.00. The van der Waals surface area contributed by atoms with Gasteiger partial charge in [0.25, 0.3) is 5.56 Å². The Hall–Kier alpha value is -1.97. The number of aromatic amines is 1. The van der Waals surface area contributed by atoms with Crippen LogP contribution < -0.4 is 5.56 Å². The Bertz CT molecular complexity index is 639. The van der Waals surface area contributed by atoms with Crippen molar-refractivity contribution in [2.45, 2.75) is 25.7 Å². The highest BCUT2D eigenvalue weighted by Crippen LogP contribution is 2.38. The average Bonchev–Trinajstić information content (AvgIpc) is 3.10. The second-order valence-corrected chi connectivity index (χ2v) is 4.81. The SMILES string of the molecule is Cc1cc(F)cc(-c2nc(C3CC3)cc(=O)[nH]2)c1. The average molecular weight is 244 g/mol. The van der Waals surface area contributed by atoms with Crippen molar-refractivity contribution < 1.29 is 4.39 Å². The zero-order valence-corrected chi connectivity index (χ0v) is 10.0. The molecule has 1 aromatic carbocycles. The van der Waals surface area contributed by atoms with Crippen LogP contribution in [0.1, 0.15) is 30.0 Å². The van der Waals surface area contributed by atoms with E-state index in [4.69, 9.17) is 0 Å². The molecule has 92 valence electrons. The van der Waals surface area contributed by atoms with Crippen LogP contribution in [0.15, 0.2) is 29.1 Å². The lowest BCUT2D eigenvalue weighted by Crippen LogP contribution is -2.10. The summed E-state index contributed by atoms with van der Waals surface area (Å²) in [5, 5.41) is 0. The van der Waals surface area contributed by atoms with E-state index in [1.165, 1.54) is 18.2 Å². The molecule has 1 saturated carbocycles. The molecule has 2 aromatic rings. The van der Waals surface area contributed by atoms with Crippen molar-refractivity contribution in [1.82, 2.24) is 9.97 Å². The summed E-state index contributed by atoms with van der Waals surface area (Å²) in [7, 11) is 0. The molecule has 3 rings (SSSR count). The van der Waals surface area contributed by atoms with Gasteiger partial charge in [-0.1, -0.05) is 0 Å². The largest absolute Gasteiger partial charge is 0.307 e. The molecule has 0 unspecified atom stereocenters. The smallest absolute Gasteiger partial charge is 0.251 e. The number of rotatable bonds is 2. The number of hydrogen-bond acceptors (Lipinski definition) is 2. The highest BCUT2D eigenvalue weighted by atomic mass is 19.1. The van der Waals surface area contributed by atoms with E-state index in [0.29, 0.717) is 17.3 Å². The number of nitrogens with one attached hydrogen (secondary N) is 1. The highest BCUT2D eigenvalue weighted by molar-refractivity contribution is 5.56. The van der Waals surface area contributed by atoms with Gasteiger partial charge in [-0.3, -0.25) is 4.79 Å². The van der Waals surface area contributed by atoms with Crippen LogP contribution in [0.25, 0.3) is 11.4 Å². The number of halogens is 1. The van der Waals surface area contributed by atoms with Crippen LogP contribution in [0.2, 0.25) is 0 Å². The van der Waals surface area contributed by atoms with Crippen LogP contribution in [-0.2, 0) is 0 Å². The summed E-state index contributed by atoms with van der Waals surface area (Å²) >= 11 is 0. The minimum atomic E-state index is -0.315. The van der Waals surface area contributed by atoms with Crippen molar-refractivity contribution in [3.05, 3.63) is 51.7 Å². The van der Waals surface area contributed by atoms with E-state index in [9.17, 15) is 9.18 Å². The minimum absolute atomic E-state index is 0.177. The van der Waals surface area contributed by atoms with Crippen molar-refractivity contribution >= 4 is 0 Å². The van der Waals surface area contributed by atoms with Crippen molar-refractivity contribution in [3.63, 3.8) is 0 Å². The van der Waals surface area contributed by atoms with E-state index in [1.54, 1.807) is 0 Å². The van der Waals surface area contributed by atoms with Gasteiger partial charge in [0.2, 0.25) is 0 Å². The number of nitrogens with zero attached hydrogens (tertiary/aromatic N) is 1. The summed E-state index contributed by atoms with van der Waals surface area (Å²) in [4.78, 5) is 18.7. The first-order valence-corrected chi connectivity index (χ1v) is 6.00. The van der Waals surface area contributed by atoms with Gasteiger partial charge in [-0.2, -0.15) is 0 Å². The van der Waals surface area contributed by atoms with Crippen LogP contribution in [0, 0.1) is 12.7 Å². The fourth-order valence-corrected chi connectivity index (χ4v) is 2.07. The molecule has 4 heteroatoms. The van der Waals surface area contributed by atoms with Gasteiger partial charge in [0.15, 0.2) is 0 Å². The van der Waals surface area contributed by atoms with Gasteiger partial charge in [0, 0.05) is 17.5 Å². The maximum absolute atomic E-state index is 13.4. The summed E-state index contributed by atoms with van der Waals surface area (Å²) in [6.07, 6.45) is 2.16. The van der Waals surface area contributed by atoms with Crippen molar-refractivity contribution in [1.29, 1.82) is 0 Å². The third kappa shape index (κ3) is 2.18. The Morgan fingerprint density at radius 2 is 2.06 bits per heavy atom.